The normalized spacial score (nSPS) is 27.5. The Hall–Kier alpha value is -1.08. The van der Waals surface area contributed by atoms with Gasteiger partial charge in [0, 0.05) is 45.1 Å². The standard InChI is InChI=1S/C18H25F2NO3/c1-23-13-17(22)7-10-24-18(12-17)5-8-21(9-6-18)11-14-3-2-4-15(19)16(14)20/h2-4,22H,5-13H2,1H3/t17-/m0/s1. The molecule has 4 nitrogen and oxygen atoms in total. The number of hydrogen-bond acceptors (Lipinski definition) is 4. The van der Waals surface area contributed by atoms with Crippen molar-refractivity contribution < 1.29 is 23.4 Å². The van der Waals surface area contributed by atoms with Crippen LogP contribution in [-0.4, -0.2) is 54.6 Å². The molecule has 0 bridgehead atoms. The van der Waals surface area contributed by atoms with E-state index in [4.69, 9.17) is 9.47 Å². The molecule has 1 aromatic carbocycles. The van der Waals surface area contributed by atoms with E-state index in [1.807, 2.05) is 0 Å². The summed E-state index contributed by atoms with van der Waals surface area (Å²) >= 11 is 0. The Morgan fingerprint density at radius 1 is 1.25 bits per heavy atom. The largest absolute Gasteiger partial charge is 0.387 e. The second-order valence-electron chi connectivity index (χ2n) is 7.10. The fourth-order valence-corrected chi connectivity index (χ4v) is 3.94. The molecule has 0 unspecified atom stereocenters. The van der Waals surface area contributed by atoms with Crippen LogP contribution in [0, 0.1) is 11.6 Å². The molecular formula is C18H25F2NO3. The van der Waals surface area contributed by atoms with E-state index in [9.17, 15) is 13.9 Å². The Labute approximate surface area is 141 Å². The summed E-state index contributed by atoms with van der Waals surface area (Å²) in [6.45, 7) is 2.70. The lowest BCUT2D eigenvalue weighted by Crippen LogP contribution is -2.55. The third-order valence-corrected chi connectivity index (χ3v) is 5.23. The molecular weight excluding hydrogens is 316 g/mol. The SMILES string of the molecule is COC[C@]1(O)CCOC2(CCN(Cc3cccc(F)c3F)CC2)C1. The van der Waals surface area contributed by atoms with E-state index in [-0.39, 0.29) is 5.60 Å². The summed E-state index contributed by atoms with van der Waals surface area (Å²) in [5.74, 6) is -1.57. The number of ether oxygens (including phenoxy) is 2. The highest BCUT2D eigenvalue weighted by Crippen LogP contribution is 2.40. The lowest BCUT2D eigenvalue weighted by molar-refractivity contribution is -0.191. The summed E-state index contributed by atoms with van der Waals surface area (Å²) in [5.41, 5.74) is -0.779. The zero-order chi connectivity index (χ0) is 17.2. The van der Waals surface area contributed by atoms with Crippen molar-refractivity contribution in [3.05, 3.63) is 35.4 Å². The van der Waals surface area contributed by atoms with Crippen LogP contribution < -0.4 is 0 Å². The van der Waals surface area contributed by atoms with E-state index in [2.05, 4.69) is 4.90 Å². The molecule has 0 aromatic heterocycles. The maximum absolute atomic E-state index is 13.8. The van der Waals surface area contributed by atoms with Gasteiger partial charge in [-0.3, -0.25) is 4.90 Å². The highest BCUT2D eigenvalue weighted by atomic mass is 19.2. The summed E-state index contributed by atoms with van der Waals surface area (Å²) in [5, 5.41) is 10.6. The van der Waals surface area contributed by atoms with Crippen LogP contribution in [0.2, 0.25) is 0 Å². The van der Waals surface area contributed by atoms with Crippen molar-refractivity contribution in [3.8, 4) is 0 Å². The third kappa shape index (κ3) is 3.77. The second-order valence-corrected chi connectivity index (χ2v) is 7.10. The zero-order valence-electron chi connectivity index (χ0n) is 14.1. The number of methoxy groups -OCH3 is 1. The van der Waals surface area contributed by atoms with Crippen LogP contribution in [0.1, 0.15) is 31.2 Å². The molecule has 2 aliphatic rings. The van der Waals surface area contributed by atoms with Gasteiger partial charge in [-0.1, -0.05) is 12.1 Å². The van der Waals surface area contributed by atoms with Crippen molar-refractivity contribution in [1.82, 2.24) is 4.90 Å². The van der Waals surface area contributed by atoms with E-state index in [0.29, 0.717) is 38.2 Å². The number of benzene rings is 1. The Morgan fingerprint density at radius 2 is 2.00 bits per heavy atom. The first-order valence-electron chi connectivity index (χ1n) is 8.46. The van der Waals surface area contributed by atoms with E-state index in [0.717, 1.165) is 32.0 Å². The van der Waals surface area contributed by atoms with Gasteiger partial charge >= 0.3 is 0 Å². The van der Waals surface area contributed by atoms with Gasteiger partial charge in [0.15, 0.2) is 11.6 Å². The van der Waals surface area contributed by atoms with E-state index in [1.165, 1.54) is 6.07 Å². The molecule has 1 spiro atoms. The van der Waals surface area contributed by atoms with Crippen molar-refractivity contribution in [2.24, 2.45) is 0 Å². The van der Waals surface area contributed by atoms with Crippen LogP contribution in [0.15, 0.2) is 18.2 Å². The molecule has 24 heavy (non-hydrogen) atoms. The first-order valence-corrected chi connectivity index (χ1v) is 8.46. The predicted molar refractivity (Wildman–Crippen MR) is 85.6 cm³/mol. The van der Waals surface area contributed by atoms with Gasteiger partial charge in [-0.2, -0.15) is 0 Å². The third-order valence-electron chi connectivity index (χ3n) is 5.23. The van der Waals surface area contributed by atoms with Crippen molar-refractivity contribution in [1.29, 1.82) is 0 Å². The van der Waals surface area contributed by atoms with Gasteiger partial charge in [-0.15, -0.1) is 0 Å². The molecule has 1 aromatic rings. The fraction of sp³-hybridized carbons (Fsp3) is 0.667. The molecule has 134 valence electrons. The number of nitrogens with zero attached hydrogens (tertiary/aromatic N) is 1. The molecule has 0 aliphatic carbocycles. The maximum atomic E-state index is 13.8. The summed E-state index contributed by atoms with van der Waals surface area (Å²) in [7, 11) is 1.59. The van der Waals surface area contributed by atoms with Gasteiger partial charge in [0.2, 0.25) is 0 Å². The summed E-state index contributed by atoms with van der Waals surface area (Å²) in [6.07, 6.45) is 2.70. The Balaban J connectivity index is 1.60. The van der Waals surface area contributed by atoms with Gasteiger partial charge in [-0.05, 0) is 18.9 Å². The Morgan fingerprint density at radius 3 is 2.71 bits per heavy atom. The van der Waals surface area contributed by atoms with Crippen LogP contribution in [-0.2, 0) is 16.0 Å². The van der Waals surface area contributed by atoms with Gasteiger partial charge in [0.05, 0.1) is 24.4 Å². The van der Waals surface area contributed by atoms with Crippen LogP contribution in [0.4, 0.5) is 8.78 Å². The zero-order valence-corrected chi connectivity index (χ0v) is 14.1. The molecule has 0 radical (unpaired) electrons. The first-order chi connectivity index (χ1) is 11.5. The van der Waals surface area contributed by atoms with Crippen molar-refractivity contribution in [2.75, 3.05) is 33.4 Å². The minimum absolute atomic E-state index is 0.316. The number of piperidine rings is 1. The van der Waals surface area contributed by atoms with E-state index < -0.39 is 17.2 Å². The minimum Gasteiger partial charge on any atom is -0.387 e. The number of rotatable bonds is 4. The number of halogens is 2. The van der Waals surface area contributed by atoms with Gasteiger partial charge in [-0.25, -0.2) is 8.78 Å². The van der Waals surface area contributed by atoms with Crippen molar-refractivity contribution in [2.45, 2.75) is 43.4 Å². The molecule has 0 saturated carbocycles. The molecule has 3 rings (SSSR count). The molecule has 1 atom stereocenters. The smallest absolute Gasteiger partial charge is 0.163 e. The molecule has 6 heteroatoms. The summed E-state index contributed by atoms with van der Waals surface area (Å²) in [6, 6.07) is 4.29. The monoisotopic (exact) mass is 341 g/mol. The van der Waals surface area contributed by atoms with Crippen molar-refractivity contribution in [3.63, 3.8) is 0 Å². The van der Waals surface area contributed by atoms with Crippen molar-refractivity contribution >= 4 is 0 Å². The average molecular weight is 341 g/mol. The number of aliphatic hydroxyl groups is 1. The van der Waals surface area contributed by atoms with Gasteiger partial charge in [0.1, 0.15) is 0 Å². The van der Waals surface area contributed by atoms with Crippen LogP contribution in [0.25, 0.3) is 0 Å². The molecule has 2 heterocycles. The number of likely N-dealkylation sites (tertiary alicyclic amines) is 1. The Bertz CT molecular complexity index is 571. The van der Waals surface area contributed by atoms with Gasteiger partial charge in [0.25, 0.3) is 0 Å². The van der Waals surface area contributed by atoms with E-state index >= 15 is 0 Å². The molecule has 2 fully saturated rings. The molecule has 1 N–H and O–H groups in total. The molecule has 0 amide bonds. The second kappa shape index (κ2) is 7.04. The van der Waals surface area contributed by atoms with E-state index in [1.54, 1.807) is 13.2 Å². The average Bonchev–Trinajstić information content (AvgIpc) is 2.54. The highest BCUT2D eigenvalue weighted by molar-refractivity contribution is 5.19. The summed E-state index contributed by atoms with van der Waals surface area (Å²) < 4.78 is 38.3. The fourth-order valence-electron chi connectivity index (χ4n) is 3.94. The predicted octanol–water partition coefficient (Wildman–Crippen LogP) is 2.49. The molecule has 2 saturated heterocycles. The lowest BCUT2D eigenvalue weighted by Gasteiger charge is -2.49. The number of hydrogen-bond donors (Lipinski definition) is 1. The van der Waals surface area contributed by atoms with Crippen LogP contribution in [0.5, 0.6) is 0 Å². The topological polar surface area (TPSA) is 41.9 Å². The van der Waals surface area contributed by atoms with Gasteiger partial charge < -0.3 is 14.6 Å². The lowest BCUT2D eigenvalue weighted by atomic mass is 9.77. The van der Waals surface area contributed by atoms with Crippen LogP contribution in [0.3, 0.4) is 0 Å². The minimum atomic E-state index is -0.830. The van der Waals surface area contributed by atoms with Crippen LogP contribution >= 0.6 is 0 Å². The molecule has 2 aliphatic heterocycles. The maximum Gasteiger partial charge on any atom is 0.163 e. The first kappa shape index (κ1) is 17.7. The highest BCUT2D eigenvalue weighted by Gasteiger charge is 2.46. The summed E-state index contributed by atoms with van der Waals surface area (Å²) in [4.78, 5) is 2.11. The Kier molecular flexibility index (Phi) is 5.20. The quantitative estimate of drug-likeness (QED) is 0.914.